The van der Waals surface area contributed by atoms with Crippen LogP contribution in [0.5, 0.6) is 0 Å². The standard InChI is InChI=1S/C4H12N2O/c5-4(6)2-1-3-7/h4,7H,1-3,5-6H2. The van der Waals surface area contributed by atoms with Gasteiger partial charge in [-0.15, -0.1) is 0 Å². The Morgan fingerprint density at radius 3 is 2.14 bits per heavy atom. The molecule has 0 aliphatic heterocycles. The normalized spacial score (nSPS) is 10.3. The summed E-state index contributed by atoms with van der Waals surface area (Å²) in [4.78, 5) is 0. The van der Waals surface area contributed by atoms with Crippen LogP contribution in [0.15, 0.2) is 0 Å². The van der Waals surface area contributed by atoms with Crippen LogP contribution >= 0.6 is 0 Å². The second kappa shape index (κ2) is 4.05. The van der Waals surface area contributed by atoms with Crippen molar-refractivity contribution in [2.45, 2.75) is 19.0 Å². The van der Waals surface area contributed by atoms with Crippen LogP contribution in [0.4, 0.5) is 0 Å². The summed E-state index contributed by atoms with van der Waals surface area (Å²) < 4.78 is 0. The van der Waals surface area contributed by atoms with Gasteiger partial charge in [0.1, 0.15) is 0 Å². The molecule has 0 amide bonds. The van der Waals surface area contributed by atoms with Crippen molar-refractivity contribution in [1.82, 2.24) is 0 Å². The lowest BCUT2D eigenvalue weighted by molar-refractivity contribution is 0.280. The van der Waals surface area contributed by atoms with E-state index in [-0.39, 0.29) is 12.8 Å². The van der Waals surface area contributed by atoms with E-state index in [9.17, 15) is 0 Å². The van der Waals surface area contributed by atoms with Gasteiger partial charge in [0.25, 0.3) is 0 Å². The minimum atomic E-state index is -0.257. The van der Waals surface area contributed by atoms with E-state index in [0.29, 0.717) is 12.8 Å². The topological polar surface area (TPSA) is 72.3 Å². The van der Waals surface area contributed by atoms with Gasteiger partial charge in [0.05, 0.1) is 6.17 Å². The smallest absolute Gasteiger partial charge is 0.0521 e. The van der Waals surface area contributed by atoms with E-state index in [4.69, 9.17) is 16.6 Å². The zero-order chi connectivity index (χ0) is 5.70. The van der Waals surface area contributed by atoms with Crippen molar-refractivity contribution in [3.05, 3.63) is 0 Å². The molecule has 0 aliphatic rings. The molecule has 0 heterocycles. The highest BCUT2D eigenvalue weighted by Crippen LogP contribution is 1.84. The molecule has 3 heteroatoms. The largest absolute Gasteiger partial charge is 0.396 e. The Labute approximate surface area is 43.3 Å². The second-order valence-electron chi connectivity index (χ2n) is 1.53. The van der Waals surface area contributed by atoms with Crippen LogP contribution in [0, 0.1) is 0 Å². The molecule has 0 aromatic carbocycles. The molecular formula is C4H12N2O. The Morgan fingerprint density at radius 2 is 2.00 bits per heavy atom. The number of nitrogens with two attached hydrogens (primary N) is 2. The van der Waals surface area contributed by atoms with E-state index >= 15 is 0 Å². The van der Waals surface area contributed by atoms with Crippen molar-refractivity contribution >= 4 is 0 Å². The highest BCUT2D eigenvalue weighted by atomic mass is 16.2. The number of hydrogen-bond acceptors (Lipinski definition) is 3. The highest BCUT2D eigenvalue weighted by molar-refractivity contribution is 4.48. The quantitative estimate of drug-likeness (QED) is 0.402. The first kappa shape index (κ1) is 6.88. The van der Waals surface area contributed by atoms with Gasteiger partial charge in [-0.1, -0.05) is 0 Å². The summed E-state index contributed by atoms with van der Waals surface area (Å²) in [6, 6.07) is 0. The summed E-state index contributed by atoms with van der Waals surface area (Å²) in [6.45, 7) is 0.185. The van der Waals surface area contributed by atoms with Gasteiger partial charge >= 0.3 is 0 Å². The van der Waals surface area contributed by atoms with Crippen LogP contribution in [-0.4, -0.2) is 17.9 Å². The predicted molar refractivity (Wildman–Crippen MR) is 28.5 cm³/mol. The maximum atomic E-state index is 8.20. The molecule has 0 unspecified atom stereocenters. The van der Waals surface area contributed by atoms with Gasteiger partial charge in [-0.25, -0.2) is 0 Å². The monoisotopic (exact) mass is 104 g/mol. The number of aliphatic hydroxyl groups is 1. The van der Waals surface area contributed by atoms with Gasteiger partial charge in [-0.05, 0) is 12.8 Å². The summed E-state index contributed by atoms with van der Waals surface area (Å²) >= 11 is 0. The lowest BCUT2D eigenvalue weighted by Crippen LogP contribution is -2.30. The summed E-state index contributed by atoms with van der Waals surface area (Å²) in [5.74, 6) is 0. The van der Waals surface area contributed by atoms with Gasteiger partial charge < -0.3 is 16.6 Å². The minimum Gasteiger partial charge on any atom is -0.396 e. The Balaban J connectivity index is 2.68. The third-order valence-corrected chi connectivity index (χ3v) is 0.696. The van der Waals surface area contributed by atoms with E-state index in [0.717, 1.165) is 0 Å². The Bertz CT molecular complexity index is 38.7. The van der Waals surface area contributed by atoms with E-state index in [1.165, 1.54) is 0 Å². The van der Waals surface area contributed by atoms with Crippen molar-refractivity contribution in [3.8, 4) is 0 Å². The molecule has 0 aromatic rings. The molecule has 0 radical (unpaired) electrons. The van der Waals surface area contributed by atoms with Crippen LogP contribution in [-0.2, 0) is 0 Å². The maximum Gasteiger partial charge on any atom is 0.0521 e. The zero-order valence-corrected chi connectivity index (χ0v) is 4.30. The fourth-order valence-corrected chi connectivity index (χ4v) is 0.327. The number of aliphatic hydroxyl groups excluding tert-OH is 1. The molecule has 3 nitrogen and oxygen atoms in total. The molecule has 0 bridgehead atoms. The summed E-state index contributed by atoms with van der Waals surface area (Å²) in [6.07, 6.45) is 1.15. The van der Waals surface area contributed by atoms with Crippen molar-refractivity contribution in [3.63, 3.8) is 0 Å². The van der Waals surface area contributed by atoms with Crippen molar-refractivity contribution in [1.29, 1.82) is 0 Å². The summed E-state index contributed by atoms with van der Waals surface area (Å²) in [5, 5.41) is 8.20. The van der Waals surface area contributed by atoms with Crippen LogP contribution in [0.1, 0.15) is 12.8 Å². The minimum absolute atomic E-state index is 0.185. The third-order valence-electron chi connectivity index (χ3n) is 0.696. The first-order valence-electron chi connectivity index (χ1n) is 2.39. The van der Waals surface area contributed by atoms with E-state index in [1.807, 2.05) is 0 Å². The fourth-order valence-electron chi connectivity index (χ4n) is 0.327. The first-order chi connectivity index (χ1) is 3.27. The Morgan fingerprint density at radius 1 is 1.43 bits per heavy atom. The van der Waals surface area contributed by atoms with E-state index < -0.39 is 0 Å². The molecule has 0 saturated carbocycles. The van der Waals surface area contributed by atoms with Crippen LogP contribution in [0.3, 0.4) is 0 Å². The van der Waals surface area contributed by atoms with Crippen molar-refractivity contribution in [2.24, 2.45) is 11.5 Å². The third kappa shape index (κ3) is 5.88. The van der Waals surface area contributed by atoms with Crippen LogP contribution in [0.2, 0.25) is 0 Å². The van der Waals surface area contributed by atoms with Crippen molar-refractivity contribution in [2.75, 3.05) is 6.61 Å². The molecule has 7 heavy (non-hydrogen) atoms. The van der Waals surface area contributed by atoms with Crippen LogP contribution < -0.4 is 11.5 Å². The predicted octanol–water partition coefficient (Wildman–Crippen LogP) is -0.998. The van der Waals surface area contributed by atoms with Gasteiger partial charge in [0.15, 0.2) is 0 Å². The van der Waals surface area contributed by atoms with E-state index in [1.54, 1.807) is 0 Å². The summed E-state index contributed by atoms with van der Waals surface area (Å²) in [7, 11) is 0. The van der Waals surface area contributed by atoms with Gasteiger partial charge in [-0.2, -0.15) is 0 Å². The molecule has 0 saturated heterocycles. The molecule has 0 atom stereocenters. The highest BCUT2D eigenvalue weighted by Gasteiger charge is 1.89. The van der Waals surface area contributed by atoms with Gasteiger partial charge in [-0.3, -0.25) is 0 Å². The summed E-state index contributed by atoms with van der Waals surface area (Å²) in [5.41, 5.74) is 10.3. The average molecular weight is 104 g/mol. The lowest BCUT2D eigenvalue weighted by atomic mass is 10.3. The zero-order valence-electron chi connectivity index (χ0n) is 4.30. The lowest BCUT2D eigenvalue weighted by Gasteiger charge is -1.99. The molecule has 5 N–H and O–H groups in total. The number of hydrogen-bond donors (Lipinski definition) is 3. The molecule has 0 fully saturated rings. The van der Waals surface area contributed by atoms with Crippen molar-refractivity contribution < 1.29 is 5.11 Å². The molecule has 44 valence electrons. The average Bonchev–Trinajstić information content (AvgIpc) is 1.61. The van der Waals surface area contributed by atoms with Gasteiger partial charge in [0, 0.05) is 6.61 Å². The molecule has 0 aromatic heterocycles. The molecule has 0 spiro atoms. The molecule has 0 rings (SSSR count). The molecular weight excluding hydrogens is 92.1 g/mol. The molecule has 0 aliphatic carbocycles. The SMILES string of the molecule is NC(N)CCCO. The Hall–Kier alpha value is -0.120. The van der Waals surface area contributed by atoms with Gasteiger partial charge in [0.2, 0.25) is 0 Å². The second-order valence-corrected chi connectivity index (χ2v) is 1.53. The number of rotatable bonds is 3. The first-order valence-corrected chi connectivity index (χ1v) is 2.39. The maximum absolute atomic E-state index is 8.20. The van der Waals surface area contributed by atoms with E-state index in [2.05, 4.69) is 0 Å². The fraction of sp³-hybridized carbons (Fsp3) is 1.00. The van der Waals surface area contributed by atoms with Crippen LogP contribution in [0.25, 0.3) is 0 Å². The Kier molecular flexibility index (Phi) is 3.98.